The van der Waals surface area contributed by atoms with Crippen molar-refractivity contribution in [3.8, 4) is 0 Å². The van der Waals surface area contributed by atoms with Crippen LogP contribution in [0.1, 0.15) is 18.4 Å². The van der Waals surface area contributed by atoms with Crippen LogP contribution in [-0.2, 0) is 6.54 Å². The van der Waals surface area contributed by atoms with Gasteiger partial charge in [-0.3, -0.25) is 10.0 Å². The number of rotatable bonds is 3. The largest absolute Gasteiger partial charge is 0.299 e. The first-order valence-corrected chi connectivity index (χ1v) is 5.94. The Morgan fingerprint density at radius 2 is 1.79 bits per heavy atom. The zero-order valence-corrected chi connectivity index (χ0v) is 9.09. The molecule has 0 spiro atoms. The van der Waals surface area contributed by atoms with Crippen molar-refractivity contribution in [1.82, 2.24) is 4.90 Å². The van der Waals surface area contributed by atoms with Gasteiger partial charge in [0.25, 0.3) is 0 Å². The Labute approximate surface area is 89.6 Å². The molecule has 1 aliphatic rings. The van der Waals surface area contributed by atoms with E-state index in [-0.39, 0.29) is 0 Å². The van der Waals surface area contributed by atoms with E-state index in [4.69, 9.17) is 5.14 Å². The lowest BCUT2D eigenvalue weighted by Gasteiger charge is -2.14. The Hall–Kier alpha value is -0.510. The third kappa shape index (κ3) is 2.50. The second-order valence-corrected chi connectivity index (χ2v) is 4.45. The highest BCUT2D eigenvalue weighted by molar-refractivity contribution is 7.97. The molecule has 0 aromatic heterocycles. The van der Waals surface area contributed by atoms with Crippen LogP contribution in [0.3, 0.4) is 0 Å². The van der Waals surface area contributed by atoms with Gasteiger partial charge in [0.05, 0.1) is 0 Å². The predicted molar refractivity (Wildman–Crippen MR) is 61.0 cm³/mol. The van der Waals surface area contributed by atoms with Gasteiger partial charge in [-0.25, -0.2) is 0 Å². The highest BCUT2D eigenvalue weighted by Gasteiger charge is 2.11. The summed E-state index contributed by atoms with van der Waals surface area (Å²) in [5.74, 6) is 0. The van der Waals surface area contributed by atoms with Crippen molar-refractivity contribution >= 4 is 11.9 Å². The van der Waals surface area contributed by atoms with Crippen molar-refractivity contribution in [3.05, 3.63) is 29.8 Å². The van der Waals surface area contributed by atoms with Gasteiger partial charge in [0.1, 0.15) is 0 Å². The lowest BCUT2D eigenvalue weighted by molar-refractivity contribution is 0.331. The van der Waals surface area contributed by atoms with E-state index in [1.807, 2.05) is 0 Å². The van der Waals surface area contributed by atoms with Crippen LogP contribution >= 0.6 is 11.9 Å². The molecule has 2 nitrogen and oxygen atoms in total. The van der Waals surface area contributed by atoms with Crippen molar-refractivity contribution < 1.29 is 0 Å². The van der Waals surface area contributed by atoms with Crippen molar-refractivity contribution in [2.24, 2.45) is 5.14 Å². The zero-order chi connectivity index (χ0) is 9.80. The van der Waals surface area contributed by atoms with Gasteiger partial charge in [-0.15, -0.1) is 0 Å². The molecular formula is C11H16N2S. The molecule has 3 heteroatoms. The Bertz CT molecular complexity index is 278. The summed E-state index contributed by atoms with van der Waals surface area (Å²) >= 11 is 1.31. The van der Waals surface area contributed by atoms with E-state index in [1.54, 1.807) is 0 Å². The summed E-state index contributed by atoms with van der Waals surface area (Å²) in [5, 5.41) is 5.47. The van der Waals surface area contributed by atoms with E-state index in [0.29, 0.717) is 0 Å². The number of likely N-dealkylation sites (tertiary alicyclic amines) is 1. The van der Waals surface area contributed by atoms with E-state index >= 15 is 0 Å². The smallest absolute Gasteiger partial charge is 0.0233 e. The van der Waals surface area contributed by atoms with Gasteiger partial charge in [0.15, 0.2) is 0 Å². The van der Waals surface area contributed by atoms with Crippen LogP contribution in [0.25, 0.3) is 0 Å². The van der Waals surface area contributed by atoms with Gasteiger partial charge in [0, 0.05) is 11.4 Å². The minimum absolute atomic E-state index is 1.09. The standard InChI is InChI=1S/C11H16N2S/c12-14-11-5-3-10(4-6-11)9-13-7-1-2-8-13/h3-6H,1-2,7-9,12H2. The lowest BCUT2D eigenvalue weighted by Crippen LogP contribution is -2.18. The molecule has 0 amide bonds. The van der Waals surface area contributed by atoms with Gasteiger partial charge >= 0.3 is 0 Å². The summed E-state index contributed by atoms with van der Waals surface area (Å²) < 4.78 is 0. The molecule has 76 valence electrons. The Kier molecular flexibility index (Phi) is 3.45. The monoisotopic (exact) mass is 208 g/mol. The third-order valence-corrected chi connectivity index (χ3v) is 3.21. The molecule has 1 saturated heterocycles. The van der Waals surface area contributed by atoms with Crippen LogP contribution in [-0.4, -0.2) is 18.0 Å². The summed E-state index contributed by atoms with van der Waals surface area (Å²) in [5.41, 5.74) is 1.39. The minimum atomic E-state index is 1.09. The molecule has 14 heavy (non-hydrogen) atoms. The molecular weight excluding hydrogens is 192 g/mol. The van der Waals surface area contributed by atoms with E-state index in [9.17, 15) is 0 Å². The number of hydrogen-bond donors (Lipinski definition) is 1. The van der Waals surface area contributed by atoms with Crippen molar-refractivity contribution in [2.45, 2.75) is 24.3 Å². The molecule has 0 saturated carbocycles. The highest BCUT2D eigenvalue weighted by Crippen LogP contribution is 2.16. The molecule has 1 heterocycles. The van der Waals surface area contributed by atoms with E-state index in [2.05, 4.69) is 29.2 Å². The average molecular weight is 208 g/mol. The maximum atomic E-state index is 5.47. The number of nitrogens with zero attached hydrogens (tertiary/aromatic N) is 1. The van der Waals surface area contributed by atoms with Crippen LogP contribution in [0, 0.1) is 0 Å². The number of benzene rings is 1. The van der Waals surface area contributed by atoms with Crippen LogP contribution in [0.15, 0.2) is 29.2 Å². The molecule has 0 aliphatic carbocycles. The quantitative estimate of drug-likeness (QED) is 0.773. The molecule has 2 rings (SSSR count). The molecule has 0 unspecified atom stereocenters. The highest BCUT2D eigenvalue weighted by atomic mass is 32.2. The van der Waals surface area contributed by atoms with Crippen molar-refractivity contribution in [1.29, 1.82) is 0 Å². The number of nitrogens with two attached hydrogens (primary N) is 1. The van der Waals surface area contributed by atoms with Crippen molar-refractivity contribution in [2.75, 3.05) is 13.1 Å². The molecule has 0 atom stereocenters. The average Bonchev–Trinajstić information content (AvgIpc) is 2.72. The summed E-state index contributed by atoms with van der Waals surface area (Å²) in [6, 6.07) is 8.53. The molecule has 0 radical (unpaired) electrons. The van der Waals surface area contributed by atoms with E-state index in [0.717, 1.165) is 11.4 Å². The van der Waals surface area contributed by atoms with Crippen molar-refractivity contribution in [3.63, 3.8) is 0 Å². The first-order chi connectivity index (χ1) is 6.88. The predicted octanol–water partition coefficient (Wildman–Crippen LogP) is 2.25. The minimum Gasteiger partial charge on any atom is -0.299 e. The topological polar surface area (TPSA) is 29.3 Å². The van der Waals surface area contributed by atoms with Gasteiger partial charge < -0.3 is 0 Å². The first kappa shape index (κ1) is 10.0. The Morgan fingerprint density at radius 1 is 1.14 bits per heavy atom. The van der Waals surface area contributed by atoms with Gasteiger partial charge in [-0.2, -0.15) is 0 Å². The van der Waals surface area contributed by atoms with Crippen LogP contribution < -0.4 is 5.14 Å². The van der Waals surface area contributed by atoms with E-state index in [1.165, 1.54) is 43.4 Å². The summed E-state index contributed by atoms with van der Waals surface area (Å²) in [6.45, 7) is 3.61. The maximum Gasteiger partial charge on any atom is 0.0233 e. The molecule has 0 bridgehead atoms. The fourth-order valence-corrected chi connectivity index (χ4v) is 2.17. The van der Waals surface area contributed by atoms with E-state index < -0.39 is 0 Å². The second-order valence-electron chi connectivity index (χ2n) is 3.75. The number of hydrogen-bond acceptors (Lipinski definition) is 3. The maximum absolute atomic E-state index is 5.47. The second kappa shape index (κ2) is 4.82. The third-order valence-electron chi connectivity index (χ3n) is 2.66. The van der Waals surface area contributed by atoms with Gasteiger partial charge in [-0.1, -0.05) is 12.1 Å². The molecule has 2 N–H and O–H groups in total. The summed E-state index contributed by atoms with van der Waals surface area (Å²) in [6.07, 6.45) is 2.72. The SMILES string of the molecule is NSc1ccc(CN2CCCC2)cc1. The van der Waals surface area contributed by atoms with Crippen LogP contribution in [0.5, 0.6) is 0 Å². The zero-order valence-electron chi connectivity index (χ0n) is 8.28. The summed E-state index contributed by atoms with van der Waals surface area (Å²) in [7, 11) is 0. The molecule has 1 aromatic rings. The van der Waals surface area contributed by atoms with Gasteiger partial charge in [0.2, 0.25) is 0 Å². The Morgan fingerprint density at radius 3 is 2.36 bits per heavy atom. The summed E-state index contributed by atoms with van der Waals surface area (Å²) in [4.78, 5) is 3.64. The fraction of sp³-hybridized carbons (Fsp3) is 0.455. The fourth-order valence-electron chi connectivity index (χ4n) is 1.87. The van der Waals surface area contributed by atoms with Crippen LogP contribution in [0.2, 0.25) is 0 Å². The normalized spacial score (nSPS) is 17.5. The molecule has 1 aliphatic heterocycles. The lowest BCUT2D eigenvalue weighted by atomic mass is 10.2. The molecule has 1 aromatic carbocycles. The van der Waals surface area contributed by atoms with Crippen LogP contribution in [0.4, 0.5) is 0 Å². The van der Waals surface area contributed by atoms with Gasteiger partial charge in [-0.05, 0) is 55.6 Å². The Balaban J connectivity index is 1.95. The molecule has 1 fully saturated rings. The first-order valence-electron chi connectivity index (χ1n) is 5.06.